The SMILES string of the molecule is CCCCCCCCCCCCCCCC(=O)OCCOCCOCCOCCOCCOCCOCCOCCOCCOCCOCCOCCOC1CCNCC1. The van der Waals surface area contributed by atoms with Crippen LogP contribution in [0.2, 0.25) is 0 Å². The molecule has 0 aromatic rings. The molecule has 1 fully saturated rings. The van der Waals surface area contributed by atoms with Crippen LogP contribution < -0.4 is 5.32 Å². The predicted molar refractivity (Wildman–Crippen MR) is 232 cm³/mol. The van der Waals surface area contributed by atoms with Crippen molar-refractivity contribution in [2.75, 3.05) is 172 Å². The fraction of sp³-hybridized carbons (Fsp3) is 0.978. The number of nitrogens with one attached hydrogen (secondary N) is 1. The van der Waals surface area contributed by atoms with E-state index in [4.69, 9.17) is 61.6 Å². The molecule has 0 radical (unpaired) electrons. The highest BCUT2D eigenvalue weighted by Crippen LogP contribution is 2.13. The average Bonchev–Trinajstić information content (AvgIpc) is 3.26. The highest BCUT2D eigenvalue weighted by Gasteiger charge is 2.12. The largest absolute Gasteiger partial charge is 0.463 e. The summed E-state index contributed by atoms with van der Waals surface area (Å²) in [6.45, 7) is 16.4. The lowest BCUT2D eigenvalue weighted by Crippen LogP contribution is -2.33. The van der Waals surface area contributed by atoms with Crippen LogP contribution in [0.25, 0.3) is 0 Å². The van der Waals surface area contributed by atoms with Gasteiger partial charge in [0.2, 0.25) is 0 Å². The molecule has 0 aromatic heterocycles. The number of carbonyl (C=O) groups is 1. The molecule has 0 spiro atoms. The van der Waals surface area contributed by atoms with E-state index in [1.165, 1.54) is 70.6 Å². The Morgan fingerprint density at radius 2 is 0.633 bits per heavy atom. The number of esters is 1. The minimum absolute atomic E-state index is 0.132. The molecule has 60 heavy (non-hydrogen) atoms. The number of unbranched alkanes of at least 4 members (excludes halogenated alkanes) is 12. The van der Waals surface area contributed by atoms with Crippen molar-refractivity contribution in [1.29, 1.82) is 0 Å². The van der Waals surface area contributed by atoms with Gasteiger partial charge in [-0.05, 0) is 32.4 Å². The minimum Gasteiger partial charge on any atom is -0.463 e. The molecular weight excluding hydrogens is 778 g/mol. The summed E-state index contributed by atoms with van der Waals surface area (Å²) in [6, 6.07) is 0. The van der Waals surface area contributed by atoms with Crippen LogP contribution in [0.1, 0.15) is 110 Å². The van der Waals surface area contributed by atoms with Crippen LogP contribution in [-0.4, -0.2) is 184 Å². The molecule has 15 nitrogen and oxygen atoms in total. The summed E-state index contributed by atoms with van der Waals surface area (Å²) in [5, 5.41) is 3.33. The van der Waals surface area contributed by atoms with Crippen molar-refractivity contribution in [3.63, 3.8) is 0 Å². The molecule has 0 bridgehead atoms. The van der Waals surface area contributed by atoms with Gasteiger partial charge in [-0.3, -0.25) is 4.79 Å². The quantitative estimate of drug-likeness (QED) is 0.0566. The third-order valence-corrected chi connectivity index (χ3v) is 9.56. The highest BCUT2D eigenvalue weighted by atomic mass is 16.6. The van der Waals surface area contributed by atoms with Crippen molar-refractivity contribution in [3.8, 4) is 0 Å². The van der Waals surface area contributed by atoms with Gasteiger partial charge in [-0.25, -0.2) is 0 Å². The summed E-state index contributed by atoms with van der Waals surface area (Å²) in [6.07, 6.45) is 19.8. The Morgan fingerprint density at radius 3 is 0.950 bits per heavy atom. The molecule has 1 saturated heterocycles. The first-order valence-electron chi connectivity index (χ1n) is 23.7. The Hall–Kier alpha value is -1.05. The fourth-order valence-electron chi connectivity index (χ4n) is 6.11. The molecule has 0 saturated carbocycles. The van der Waals surface area contributed by atoms with Crippen molar-refractivity contribution in [1.82, 2.24) is 5.32 Å². The maximum absolute atomic E-state index is 11.9. The lowest BCUT2D eigenvalue weighted by atomic mass is 10.0. The molecule has 0 aromatic carbocycles. The molecule has 0 aliphatic carbocycles. The van der Waals surface area contributed by atoms with Crippen LogP contribution in [0.3, 0.4) is 0 Å². The van der Waals surface area contributed by atoms with Gasteiger partial charge in [0.1, 0.15) is 6.61 Å². The van der Waals surface area contributed by atoms with Gasteiger partial charge in [0.05, 0.1) is 158 Å². The Labute approximate surface area is 364 Å². The number of ether oxygens (including phenoxy) is 13. The molecule has 0 unspecified atom stereocenters. The molecule has 1 aliphatic rings. The standard InChI is InChI=1S/C45H89NO14/c1-2-3-4-5-6-7-8-9-10-11-12-13-14-15-45(47)60-43-41-58-39-37-56-35-33-54-31-29-52-27-25-50-23-21-48-20-22-49-24-26-51-28-30-53-32-34-55-36-38-57-40-42-59-44-16-18-46-19-17-44/h44,46H,2-43H2,1H3. The zero-order valence-electron chi connectivity index (χ0n) is 38.0. The van der Waals surface area contributed by atoms with Crippen LogP contribution in [0.5, 0.6) is 0 Å². The Balaban J connectivity index is 1.61. The average molecular weight is 868 g/mol. The predicted octanol–water partition coefficient (Wildman–Crippen LogP) is 5.96. The maximum Gasteiger partial charge on any atom is 0.305 e. The third kappa shape index (κ3) is 46.5. The summed E-state index contributed by atoms with van der Waals surface area (Å²) in [5.74, 6) is -0.132. The van der Waals surface area contributed by atoms with Gasteiger partial charge in [-0.1, -0.05) is 84.0 Å². The summed E-state index contributed by atoms with van der Waals surface area (Å²) in [5.41, 5.74) is 0. The van der Waals surface area contributed by atoms with E-state index in [0.717, 1.165) is 38.8 Å². The molecule has 358 valence electrons. The van der Waals surface area contributed by atoms with E-state index in [2.05, 4.69) is 12.2 Å². The van der Waals surface area contributed by atoms with Crippen LogP contribution >= 0.6 is 0 Å². The van der Waals surface area contributed by atoms with Crippen LogP contribution in [0.4, 0.5) is 0 Å². The molecule has 1 aliphatic heterocycles. The monoisotopic (exact) mass is 868 g/mol. The molecule has 0 atom stereocenters. The van der Waals surface area contributed by atoms with Crippen molar-refractivity contribution in [3.05, 3.63) is 0 Å². The van der Waals surface area contributed by atoms with E-state index in [1.54, 1.807) is 0 Å². The molecule has 0 amide bonds. The smallest absolute Gasteiger partial charge is 0.305 e. The number of piperidine rings is 1. The summed E-state index contributed by atoms with van der Waals surface area (Å²) in [4.78, 5) is 11.9. The minimum atomic E-state index is -0.132. The van der Waals surface area contributed by atoms with Crippen molar-refractivity contribution >= 4 is 5.97 Å². The Morgan fingerprint density at radius 1 is 0.367 bits per heavy atom. The van der Waals surface area contributed by atoms with E-state index in [0.29, 0.717) is 164 Å². The van der Waals surface area contributed by atoms with E-state index in [9.17, 15) is 4.79 Å². The van der Waals surface area contributed by atoms with Crippen molar-refractivity contribution < 1.29 is 66.4 Å². The van der Waals surface area contributed by atoms with E-state index in [1.807, 2.05) is 0 Å². The zero-order valence-corrected chi connectivity index (χ0v) is 38.0. The first-order valence-corrected chi connectivity index (χ1v) is 23.7. The summed E-state index contributed by atoms with van der Waals surface area (Å²) < 4.78 is 71.7. The normalized spacial score (nSPS) is 13.4. The van der Waals surface area contributed by atoms with Gasteiger partial charge in [-0.15, -0.1) is 0 Å². The number of hydrogen-bond donors (Lipinski definition) is 1. The van der Waals surface area contributed by atoms with Gasteiger partial charge in [0.15, 0.2) is 0 Å². The van der Waals surface area contributed by atoms with E-state index >= 15 is 0 Å². The number of hydrogen-bond acceptors (Lipinski definition) is 15. The van der Waals surface area contributed by atoms with Crippen LogP contribution in [0.15, 0.2) is 0 Å². The van der Waals surface area contributed by atoms with E-state index in [-0.39, 0.29) is 12.6 Å². The van der Waals surface area contributed by atoms with Gasteiger partial charge >= 0.3 is 5.97 Å². The highest BCUT2D eigenvalue weighted by molar-refractivity contribution is 5.69. The summed E-state index contributed by atoms with van der Waals surface area (Å²) in [7, 11) is 0. The number of rotatable bonds is 51. The first kappa shape index (κ1) is 57.0. The van der Waals surface area contributed by atoms with Crippen molar-refractivity contribution in [2.24, 2.45) is 0 Å². The second-order valence-electron chi connectivity index (χ2n) is 14.8. The molecule has 15 heteroatoms. The molecule has 1 heterocycles. The van der Waals surface area contributed by atoms with Crippen LogP contribution in [-0.2, 0) is 66.4 Å². The van der Waals surface area contributed by atoms with Gasteiger partial charge in [-0.2, -0.15) is 0 Å². The fourth-order valence-corrected chi connectivity index (χ4v) is 6.11. The first-order chi connectivity index (χ1) is 29.8. The molecule has 1 rings (SSSR count). The lowest BCUT2D eigenvalue weighted by Gasteiger charge is -2.22. The lowest BCUT2D eigenvalue weighted by molar-refractivity contribution is -0.145. The maximum atomic E-state index is 11.9. The second kappa shape index (κ2) is 50.6. The third-order valence-electron chi connectivity index (χ3n) is 9.56. The van der Waals surface area contributed by atoms with Crippen LogP contribution in [0, 0.1) is 0 Å². The van der Waals surface area contributed by atoms with Gasteiger partial charge < -0.3 is 66.9 Å². The van der Waals surface area contributed by atoms with Gasteiger partial charge in [0.25, 0.3) is 0 Å². The molecular formula is C45H89NO14. The zero-order chi connectivity index (χ0) is 42.8. The van der Waals surface area contributed by atoms with Gasteiger partial charge in [0, 0.05) is 6.42 Å². The van der Waals surface area contributed by atoms with Crippen molar-refractivity contribution in [2.45, 2.75) is 116 Å². The Kier molecular flexibility index (Phi) is 48.0. The van der Waals surface area contributed by atoms with E-state index < -0.39 is 0 Å². The Bertz CT molecular complexity index is 827. The molecule has 1 N–H and O–H groups in total. The second-order valence-corrected chi connectivity index (χ2v) is 14.8. The number of carbonyl (C=O) groups excluding carboxylic acids is 1. The topological polar surface area (TPSA) is 149 Å². The summed E-state index contributed by atoms with van der Waals surface area (Å²) >= 11 is 0.